The van der Waals surface area contributed by atoms with Crippen molar-refractivity contribution >= 4 is 23.4 Å². The minimum Gasteiger partial charge on any atom is -0.497 e. The SMILES string of the molecule is COc1cccc(CNC(=O)CSc2ccc(-c3ccc([N+](=O)[O-])cc3)nn2)c1. The molecule has 148 valence electrons. The molecule has 0 saturated carbocycles. The van der Waals surface area contributed by atoms with Gasteiger partial charge in [-0.3, -0.25) is 14.9 Å². The first-order valence-corrected chi connectivity index (χ1v) is 9.64. The molecular formula is C20H18N4O4S. The summed E-state index contributed by atoms with van der Waals surface area (Å²) in [6.45, 7) is 0.418. The second kappa shape index (κ2) is 9.65. The summed E-state index contributed by atoms with van der Waals surface area (Å²) >= 11 is 1.28. The number of nitro benzene ring substituents is 1. The van der Waals surface area contributed by atoms with E-state index in [1.807, 2.05) is 24.3 Å². The number of nitrogens with zero attached hydrogens (tertiary/aromatic N) is 3. The van der Waals surface area contributed by atoms with Gasteiger partial charge in [-0.15, -0.1) is 10.2 Å². The number of rotatable bonds is 8. The highest BCUT2D eigenvalue weighted by atomic mass is 32.2. The number of non-ortho nitro benzene ring substituents is 1. The van der Waals surface area contributed by atoms with Crippen LogP contribution in [0.3, 0.4) is 0 Å². The van der Waals surface area contributed by atoms with Crippen molar-refractivity contribution in [1.29, 1.82) is 0 Å². The van der Waals surface area contributed by atoms with Crippen LogP contribution in [-0.4, -0.2) is 33.9 Å². The van der Waals surface area contributed by atoms with Gasteiger partial charge in [-0.2, -0.15) is 0 Å². The van der Waals surface area contributed by atoms with Gasteiger partial charge in [-0.05, 0) is 42.0 Å². The summed E-state index contributed by atoms with van der Waals surface area (Å²) in [5, 5.41) is 22.4. The van der Waals surface area contributed by atoms with E-state index in [-0.39, 0.29) is 17.3 Å². The van der Waals surface area contributed by atoms with Gasteiger partial charge in [0, 0.05) is 24.2 Å². The highest BCUT2D eigenvalue weighted by Gasteiger charge is 2.08. The molecule has 0 aliphatic carbocycles. The van der Waals surface area contributed by atoms with Crippen molar-refractivity contribution in [1.82, 2.24) is 15.5 Å². The minimum absolute atomic E-state index is 0.0221. The number of carbonyl (C=O) groups excluding carboxylic acids is 1. The molecule has 0 spiro atoms. The summed E-state index contributed by atoms with van der Waals surface area (Å²) in [6, 6.07) is 17.1. The molecule has 0 aliphatic heterocycles. The Kier molecular flexibility index (Phi) is 6.75. The first kappa shape index (κ1) is 20.3. The molecule has 3 aromatic rings. The Morgan fingerprint density at radius 2 is 1.93 bits per heavy atom. The predicted molar refractivity (Wildman–Crippen MR) is 110 cm³/mol. The highest BCUT2D eigenvalue weighted by Crippen LogP contribution is 2.22. The molecule has 2 aromatic carbocycles. The van der Waals surface area contributed by atoms with Crippen molar-refractivity contribution in [2.45, 2.75) is 11.6 Å². The lowest BCUT2D eigenvalue weighted by molar-refractivity contribution is -0.384. The molecule has 29 heavy (non-hydrogen) atoms. The minimum atomic E-state index is -0.450. The summed E-state index contributed by atoms with van der Waals surface area (Å²) in [4.78, 5) is 22.3. The number of ether oxygens (including phenoxy) is 1. The van der Waals surface area contributed by atoms with Crippen LogP contribution < -0.4 is 10.1 Å². The van der Waals surface area contributed by atoms with E-state index in [1.54, 1.807) is 31.4 Å². The van der Waals surface area contributed by atoms with Crippen LogP contribution in [0.25, 0.3) is 11.3 Å². The molecule has 0 atom stereocenters. The number of benzene rings is 2. The van der Waals surface area contributed by atoms with Crippen molar-refractivity contribution in [3.05, 3.63) is 76.3 Å². The summed E-state index contributed by atoms with van der Waals surface area (Å²) < 4.78 is 5.16. The van der Waals surface area contributed by atoms with E-state index in [1.165, 1.54) is 23.9 Å². The van der Waals surface area contributed by atoms with Gasteiger partial charge in [0.1, 0.15) is 10.8 Å². The Morgan fingerprint density at radius 3 is 2.59 bits per heavy atom. The number of hydrogen-bond acceptors (Lipinski definition) is 7. The number of nitrogens with one attached hydrogen (secondary N) is 1. The molecule has 8 nitrogen and oxygen atoms in total. The molecule has 1 heterocycles. The zero-order valence-electron chi connectivity index (χ0n) is 15.6. The van der Waals surface area contributed by atoms with Crippen LogP contribution >= 0.6 is 11.8 Å². The average Bonchev–Trinajstić information content (AvgIpc) is 2.77. The third-order valence-electron chi connectivity index (χ3n) is 3.99. The maximum absolute atomic E-state index is 12.1. The number of nitro groups is 1. The third-order valence-corrected chi connectivity index (χ3v) is 4.91. The fourth-order valence-corrected chi connectivity index (χ4v) is 3.12. The fourth-order valence-electron chi connectivity index (χ4n) is 2.48. The lowest BCUT2D eigenvalue weighted by atomic mass is 10.1. The Bertz CT molecular complexity index is 994. The summed E-state index contributed by atoms with van der Waals surface area (Å²) in [5.41, 5.74) is 2.31. The second-order valence-corrected chi connectivity index (χ2v) is 6.97. The summed E-state index contributed by atoms with van der Waals surface area (Å²) in [6.07, 6.45) is 0. The lowest BCUT2D eigenvalue weighted by Gasteiger charge is -2.07. The van der Waals surface area contributed by atoms with Crippen molar-refractivity contribution < 1.29 is 14.5 Å². The standard InChI is InChI=1S/C20H18N4O4S/c1-28-17-4-2-3-14(11-17)12-21-19(25)13-29-20-10-9-18(22-23-20)15-5-7-16(8-6-15)24(26)27/h2-11H,12-13H2,1H3,(H,21,25). The highest BCUT2D eigenvalue weighted by molar-refractivity contribution is 7.99. The molecule has 0 fully saturated rings. The van der Waals surface area contributed by atoms with Gasteiger partial charge < -0.3 is 10.1 Å². The molecular weight excluding hydrogens is 392 g/mol. The van der Waals surface area contributed by atoms with Gasteiger partial charge >= 0.3 is 0 Å². The van der Waals surface area contributed by atoms with E-state index in [9.17, 15) is 14.9 Å². The number of carbonyl (C=O) groups is 1. The predicted octanol–water partition coefficient (Wildman–Crippen LogP) is 3.47. The van der Waals surface area contributed by atoms with Gasteiger partial charge in [0.2, 0.25) is 5.91 Å². The molecule has 0 radical (unpaired) electrons. The van der Waals surface area contributed by atoms with E-state index >= 15 is 0 Å². The van der Waals surface area contributed by atoms with E-state index in [0.29, 0.717) is 17.3 Å². The number of thioether (sulfide) groups is 1. The van der Waals surface area contributed by atoms with E-state index in [0.717, 1.165) is 16.9 Å². The zero-order valence-corrected chi connectivity index (χ0v) is 16.4. The first-order valence-electron chi connectivity index (χ1n) is 8.66. The van der Waals surface area contributed by atoms with Crippen molar-refractivity contribution in [2.75, 3.05) is 12.9 Å². The van der Waals surface area contributed by atoms with Crippen LogP contribution in [0.4, 0.5) is 5.69 Å². The molecule has 0 bridgehead atoms. The number of methoxy groups -OCH3 is 1. The lowest BCUT2D eigenvalue weighted by Crippen LogP contribution is -2.24. The van der Waals surface area contributed by atoms with Crippen molar-refractivity contribution in [3.8, 4) is 17.0 Å². The Labute approximate surface area is 171 Å². The quantitative estimate of drug-likeness (QED) is 0.344. The van der Waals surface area contributed by atoms with Gasteiger partial charge in [-0.25, -0.2) is 0 Å². The van der Waals surface area contributed by atoms with Crippen LogP contribution in [-0.2, 0) is 11.3 Å². The summed E-state index contributed by atoms with van der Waals surface area (Å²) in [5.74, 6) is 0.851. The maximum Gasteiger partial charge on any atom is 0.269 e. The number of aromatic nitrogens is 2. The van der Waals surface area contributed by atoms with Crippen LogP contribution in [0.15, 0.2) is 65.7 Å². The number of hydrogen-bond donors (Lipinski definition) is 1. The van der Waals surface area contributed by atoms with Crippen LogP contribution in [0.1, 0.15) is 5.56 Å². The van der Waals surface area contributed by atoms with Crippen molar-refractivity contribution in [3.63, 3.8) is 0 Å². The molecule has 9 heteroatoms. The molecule has 0 unspecified atom stereocenters. The average molecular weight is 410 g/mol. The second-order valence-electron chi connectivity index (χ2n) is 5.98. The van der Waals surface area contributed by atoms with E-state index < -0.39 is 4.92 Å². The molecule has 3 rings (SSSR count). The molecule has 1 aromatic heterocycles. The van der Waals surface area contributed by atoms with Gasteiger partial charge in [0.25, 0.3) is 5.69 Å². The van der Waals surface area contributed by atoms with E-state index in [4.69, 9.17) is 4.74 Å². The smallest absolute Gasteiger partial charge is 0.269 e. The molecule has 0 saturated heterocycles. The van der Waals surface area contributed by atoms with Crippen LogP contribution in [0.5, 0.6) is 5.75 Å². The van der Waals surface area contributed by atoms with Gasteiger partial charge in [-0.1, -0.05) is 23.9 Å². The van der Waals surface area contributed by atoms with Crippen LogP contribution in [0, 0.1) is 10.1 Å². The first-order chi connectivity index (χ1) is 14.0. The summed E-state index contributed by atoms with van der Waals surface area (Å²) in [7, 11) is 1.60. The monoisotopic (exact) mass is 410 g/mol. The fraction of sp³-hybridized carbons (Fsp3) is 0.150. The van der Waals surface area contributed by atoms with Gasteiger partial charge in [0.05, 0.1) is 23.5 Å². The van der Waals surface area contributed by atoms with Crippen molar-refractivity contribution in [2.24, 2.45) is 0 Å². The molecule has 0 aliphatic rings. The topological polar surface area (TPSA) is 107 Å². The number of amides is 1. The Morgan fingerprint density at radius 1 is 1.14 bits per heavy atom. The third kappa shape index (κ3) is 5.76. The van der Waals surface area contributed by atoms with Crippen LogP contribution in [0.2, 0.25) is 0 Å². The van der Waals surface area contributed by atoms with Gasteiger partial charge in [0.15, 0.2) is 0 Å². The normalized spacial score (nSPS) is 10.4. The van der Waals surface area contributed by atoms with E-state index in [2.05, 4.69) is 15.5 Å². The molecule has 1 N–H and O–H groups in total. The Balaban J connectivity index is 1.50. The molecule has 1 amide bonds. The largest absolute Gasteiger partial charge is 0.497 e. The zero-order chi connectivity index (χ0) is 20.6. The maximum atomic E-state index is 12.1. The Hall–Kier alpha value is -3.46.